The van der Waals surface area contributed by atoms with Crippen LogP contribution in [0.25, 0.3) is 0 Å². The van der Waals surface area contributed by atoms with Crippen LogP contribution in [0, 0.1) is 13.8 Å². The molecule has 0 aliphatic heterocycles. The molecule has 0 unspecified atom stereocenters. The number of halogens is 1. The molecule has 100 valence electrons. The van der Waals surface area contributed by atoms with Gasteiger partial charge in [0.25, 0.3) is 0 Å². The van der Waals surface area contributed by atoms with Gasteiger partial charge in [0.05, 0.1) is 4.90 Å². The fraction of sp³-hybridized carbons (Fsp3) is 0.333. The average molecular weight is 290 g/mol. The maximum absolute atomic E-state index is 11.3. The van der Waals surface area contributed by atoms with E-state index < -0.39 is 10.0 Å². The summed E-state index contributed by atoms with van der Waals surface area (Å²) in [5.41, 5.74) is 3.60. The van der Waals surface area contributed by atoms with Crippen molar-refractivity contribution >= 4 is 21.6 Å². The van der Waals surface area contributed by atoms with Gasteiger partial charge in [-0.1, -0.05) is 11.6 Å². The highest BCUT2D eigenvalue weighted by atomic mass is 35.5. The van der Waals surface area contributed by atoms with Crippen molar-refractivity contribution in [1.29, 1.82) is 0 Å². The van der Waals surface area contributed by atoms with Gasteiger partial charge in [-0.3, -0.25) is 0 Å². The van der Waals surface area contributed by atoms with Crippen molar-refractivity contribution in [3.05, 3.63) is 34.4 Å². The summed E-state index contributed by atoms with van der Waals surface area (Å²) < 4.78 is 28.2. The third-order valence-electron chi connectivity index (χ3n) is 2.42. The summed E-state index contributed by atoms with van der Waals surface area (Å²) in [5, 5.41) is 5.13. The van der Waals surface area contributed by atoms with E-state index >= 15 is 0 Å². The fourth-order valence-corrected chi connectivity index (χ4v) is 2.36. The van der Waals surface area contributed by atoms with Crippen LogP contribution in [-0.4, -0.2) is 15.0 Å². The largest absolute Gasteiger partial charge is 0.489 e. The summed E-state index contributed by atoms with van der Waals surface area (Å²) in [7, 11) is -3.70. The first-order valence-corrected chi connectivity index (χ1v) is 7.26. The summed E-state index contributed by atoms with van der Waals surface area (Å²) in [6.07, 6.45) is 0. The highest BCUT2D eigenvalue weighted by molar-refractivity contribution is 7.89. The van der Waals surface area contributed by atoms with Gasteiger partial charge in [0.2, 0.25) is 10.0 Å². The van der Waals surface area contributed by atoms with Gasteiger partial charge in [-0.25, -0.2) is 13.6 Å². The SMILES string of the molecule is C/C(=C/Cl)COc1cc(C)c(S(N)(=O)=O)cc1C. The monoisotopic (exact) mass is 289 g/mol. The third-order valence-corrected chi connectivity index (χ3v) is 3.85. The number of sulfonamides is 1. The van der Waals surface area contributed by atoms with Gasteiger partial charge in [-0.15, -0.1) is 0 Å². The predicted octanol–water partition coefficient (Wildman–Crippen LogP) is 2.47. The number of ether oxygens (including phenoxy) is 1. The zero-order chi connectivity index (χ0) is 13.9. The number of nitrogens with two attached hydrogens (primary N) is 1. The van der Waals surface area contributed by atoms with Gasteiger partial charge in [0.15, 0.2) is 0 Å². The van der Waals surface area contributed by atoms with Crippen LogP contribution in [0.5, 0.6) is 5.75 Å². The minimum absolute atomic E-state index is 0.122. The zero-order valence-electron chi connectivity index (χ0n) is 10.5. The van der Waals surface area contributed by atoms with Crippen molar-refractivity contribution in [3.63, 3.8) is 0 Å². The van der Waals surface area contributed by atoms with Crippen LogP contribution >= 0.6 is 11.6 Å². The van der Waals surface area contributed by atoms with E-state index in [1.54, 1.807) is 19.9 Å². The van der Waals surface area contributed by atoms with Crippen molar-refractivity contribution in [3.8, 4) is 5.75 Å². The lowest BCUT2D eigenvalue weighted by molar-refractivity contribution is 0.349. The maximum atomic E-state index is 11.3. The van der Waals surface area contributed by atoms with Crippen molar-refractivity contribution in [2.75, 3.05) is 6.61 Å². The molecule has 0 saturated heterocycles. The molecule has 0 saturated carbocycles. The summed E-state index contributed by atoms with van der Waals surface area (Å²) in [6, 6.07) is 3.18. The van der Waals surface area contributed by atoms with Gasteiger partial charge >= 0.3 is 0 Å². The third kappa shape index (κ3) is 3.73. The van der Waals surface area contributed by atoms with Gasteiger partial charge in [0.1, 0.15) is 12.4 Å². The second-order valence-electron chi connectivity index (χ2n) is 4.17. The van der Waals surface area contributed by atoms with Crippen molar-refractivity contribution in [2.24, 2.45) is 5.14 Å². The van der Waals surface area contributed by atoms with E-state index in [-0.39, 0.29) is 4.90 Å². The predicted molar refractivity (Wildman–Crippen MR) is 72.4 cm³/mol. The Morgan fingerprint density at radius 2 is 2.00 bits per heavy atom. The number of primary sulfonamides is 1. The molecule has 0 aromatic heterocycles. The first-order chi connectivity index (χ1) is 8.25. The molecule has 6 heteroatoms. The molecule has 1 aromatic carbocycles. The normalized spacial score (nSPS) is 12.6. The first-order valence-electron chi connectivity index (χ1n) is 5.28. The summed E-state index contributed by atoms with van der Waals surface area (Å²) in [6.45, 7) is 5.64. The molecule has 0 amide bonds. The summed E-state index contributed by atoms with van der Waals surface area (Å²) >= 11 is 5.54. The van der Waals surface area contributed by atoms with Gasteiger partial charge in [-0.05, 0) is 49.6 Å². The lowest BCUT2D eigenvalue weighted by atomic mass is 10.1. The highest BCUT2D eigenvalue weighted by Crippen LogP contribution is 2.25. The molecule has 0 heterocycles. The smallest absolute Gasteiger partial charge is 0.238 e. The Bertz CT molecular complexity index is 579. The van der Waals surface area contributed by atoms with Gasteiger partial charge in [0, 0.05) is 5.54 Å². The number of rotatable bonds is 4. The van der Waals surface area contributed by atoms with E-state index in [4.69, 9.17) is 21.5 Å². The summed E-state index contributed by atoms with van der Waals surface area (Å²) in [5.74, 6) is 0.623. The Morgan fingerprint density at radius 1 is 1.39 bits per heavy atom. The van der Waals surface area contributed by atoms with Crippen LogP contribution in [0.2, 0.25) is 0 Å². The summed E-state index contributed by atoms with van der Waals surface area (Å²) in [4.78, 5) is 0.122. The van der Waals surface area contributed by atoms with Crippen LogP contribution in [0.4, 0.5) is 0 Å². The molecular weight excluding hydrogens is 274 g/mol. The zero-order valence-corrected chi connectivity index (χ0v) is 12.1. The highest BCUT2D eigenvalue weighted by Gasteiger charge is 2.14. The molecule has 0 spiro atoms. The lowest BCUT2D eigenvalue weighted by Gasteiger charge is -2.12. The van der Waals surface area contributed by atoms with Gasteiger partial charge < -0.3 is 4.74 Å². The van der Waals surface area contributed by atoms with Crippen LogP contribution in [-0.2, 0) is 10.0 Å². The van der Waals surface area contributed by atoms with Gasteiger partial charge in [-0.2, -0.15) is 0 Å². The minimum atomic E-state index is -3.70. The molecule has 4 nitrogen and oxygen atoms in total. The number of benzene rings is 1. The van der Waals surface area contributed by atoms with Crippen molar-refractivity contribution in [1.82, 2.24) is 0 Å². The van der Waals surface area contributed by atoms with Crippen LogP contribution in [0.1, 0.15) is 18.1 Å². The standard InChI is InChI=1S/C12H16ClNO3S/c1-8(6-13)7-17-11-4-10(3)12(5-9(11)2)18(14,15)16/h4-6H,7H2,1-3H3,(H2,14,15,16)/b8-6-. The number of hydrogen-bond acceptors (Lipinski definition) is 3. The van der Waals surface area contributed by atoms with Crippen molar-refractivity contribution in [2.45, 2.75) is 25.7 Å². The lowest BCUT2D eigenvalue weighted by Crippen LogP contribution is -2.14. The molecule has 1 aromatic rings. The minimum Gasteiger partial charge on any atom is -0.489 e. The number of hydrogen-bond donors (Lipinski definition) is 1. The Labute approximate surface area is 112 Å². The quantitative estimate of drug-likeness (QED) is 0.926. The Hall–Kier alpha value is -1.04. The molecular formula is C12H16ClNO3S. The van der Waals surface area contributed by atoms with E-state index in [2.05, 4.69) is 0 Å². The Kier molecular flexibility index (Phi) is 4.78. The maximum Gasteiger partial charge on any atom is 0.238 e. The molecule has 18 heavy (non-hydrogen) atoms. The van der Waals surface area contributed by atoms with E-state index in [9.17, 15) is 8.42 Å². The molecule has 0 aliphatic carbocycles. The second-order valence-corrected chi connectivity index (χ2v) is 5.92. The van der Waals surface area contributed by atoms with Crippen molar-refractivity contribution < 1.29 is 13.2 Å². The van der Waals surface area contributed by atoms with E-state index in [0.717, 1.165) is 5.57 Å². The molecule has 0 aliphatic rings. The molecule has 0 radical (unpaired) electrons. The Morgan fingerprint density at radius 3 is 2.50 bits per heavy atom. The topological polar surface area (TPSA) is 69.4 Å². The van der Waals surface area contributed by atoms with E-state index in [0.29, 0.717) is 23.5 Å². The molecule has 0 bridgehead atoms. The average Bonchev–Trinajstić information content (AvgIpc) is 2.27. The van der Waals surface area contributed by atoms with Crippen LogP contribution in [0.3, 0.4) is 0 Å². The number of aryl methyl sites for hydroxylation is 2. The molecule has 1 rings (SSSR count). The molecule has 0 atom stereocenters. The van der Waals surface area contributed by atoms with E-state index in [1.165, 1.54) is 11.6 Å². The second kappa shape index (κ2) is 5.73. The van der Waals surface area contributed by atoms with E-state index in [1.807, 2.05) is 6.92 Å². The fourth-order valence-electron chi connectivity index (χ4n) is 1.45. The van der Waals surface area contributed by atoms with Crippen LogP contribution < -0.4 is 9.88 Å². The first kappa shape index (κ1) is 15.0. The Balaban J connectivity index is 3.08. The molecule has 0 fully saturated rings. The molecule has 2 N–H and O–H groups in total. The van der Waals surface area contributed by atoms with Crippen LogP contribution in [0.15, 0.2) is 28.1 Å².